The van der Waals surface area contributed by atoms with Crippen LogP contribution in [0.4, 0.5) is 5.69 Å². The summed E-state index contributed by atoms with van der Waals surface area (Å²) in [4.78, 5) is 25.2. The van der Waals surface area contributed by atoms with Crippen molar-refractivity contribution in [3.63, 3.8) is 0 Å². The molecule has 0 aliphatic carbocycles. The Kier molecular flexibility index (Phi) is 5.71. The van der Waals surface area contributed by atoms with Crippen LogP contribution in [0.15, 0.2) is 24.3 Å². The summed E-state index contributed by atoms with van der Waals surface area (Å²) in [5.41, 5.74) is 1.04. The SMILES string of the molecule is CC(=O)Nc1cccc(C(=O)OCCN2CCNCC2)c1. The molecule has 0 saturated carbocycles. The summed E-state index contributed by atoms with van der Waals surface area (Å²) in [6.07, 6.45) is 0. The second-order valence-electron chi connectivity index (χ2n) is 4.99. The van der Waals surface area contributed by atoms with Gasteiger partial charge in [-0.1, -0.05) is 6.07 Å². The van der Waals surface area contributed by atoms with E-state index in [9.17, 15) is 9.59 Å². The number of carbonyl (C=O) groups is 2. The number of amides is 1. The molecule has 1 saturated heterocycles. The predicted octanol–water partition coefficient (Wildman–Crippen LogP) is 0.707. The van der Waals surface area contributed by atoms with Crippen LogP contribution in [0.5, 0.6) is 0 Å². The minimum Gasteiger partial charge on any atom is -0.461 e. The minimum atomic E-state index is -0.364. The van der Waals surface area contributed by atoms with Gasteiger partial charge in [0, 0.05) is 45.3 Å². The average Bonchev–Trinajstić information content (AvgIpc) is 2.48. The van der Waals surface area contributed by atoms with Crippen LogP contribution in [0.1, 0.15) is 17.3 Å². The first-order valence-electron chi connectivity index (χ1n) is 7.13. The van der Waals surface area contributed by atoms with Crippen LogP contribution in [0.25, 0.3) is 0 Å². The monoisotopic (exact) mass is 291 g/mol. The lowest BCUT2D eigenvalue weighted by atomic mass is 10.2. The van der Waals surface area contributed by atoms with E-state index in [0.717, 1.165) is 32.7 Å². The van der Waals surface area contributed by atoms with Gasteiger partial charge in [0.2, 0.25) is 5.91 Å². The summed E-state index contributed by atoms with van der Waals surface area (Å²) in [6.45, 7) is 6.48. The molecule has 1 amide bonds. The maximum absolute atomic E-state index is 12.0. The topological polar surface area (TPSA) is 70.7 Å². The number of ether oxygens (including phenoxy) is 1. The molecule has 2 rings (SSSR count). The Morgan fingerprint density at radius 3 is 2.81 bits per heavy atom. The lowest BCUT2D eigenvalue weighted by Crippen LogP contribution is -2.44. The second-order valence-corrected chi connectivity index (χ2v) is 4.99. The van der Waals surface area contributed by atoms with E-state index >= 15 is 0 Å². The quantitative estimate of drug-likeness (QED) is 0.782. The van der Waals surface area contributed by atoms with Gasteiger partial charge in [-0.25, -0.2) is 4.79 Å². The zero-order valence-corrected chi connectivity index (χ0v) is 12.2. The average molecular weight is 291 g/mol. The highest BCUT2D eigenvalue weighted by molar-refractivity contribution is 5.93. The number of esters is 1. The highest BCUT2D eigenvalue weighted by Gasteiger charge is 2.12. The van der Waals surface area contributed by atoms with E-state index in [1.165, 1.54) is 6.92 Å². The molecule has 0 aromatic heterocycles. The Morgan fingerprint density at radius 2 is 2.10 bits per heavy atom. The van der Waals surface area contributed by atoms with Gasteiger partial charge in [-0.3, -0.25) is 9.69 Å². The molecular weight excluding hydrogens is 270 g/mol. The normalized spacial score (nSPS) is 15.5. The molecule has 0 spiro atoms. The first kappa shape index (κ1) is 15.5. The number of hydrogen-bond donors (Lipinski definition) is 2. The maximum atomic E-state index is 12.0. The molecule has 0 radical (unpaired) electrons. The molecule has 0 bridgehead atoms. The highest BCUT2D eigenvalue weighted by Crippen LogP contribution is 2.11. The second kappa shape index (κ2) is 7.75. The number of carbonyl (C=O) groups excluding carboxylic acids is 2. The zero-order valence-electron chi connectivity index (χ0n) is 12.2. The van der Waals surface area contributed by atoms with Crippen LogP contribution >= 0.6 is 0 Å². The Bertz CT molecular complexity index is 499. The molecule has 1 aromatic carbocycles. The van der Waals surface area contributed by atoms with Gasteiger partial charge in [0.25, 0.3) is 0 Å². The van der Waals surface area contributed by atoms with E-state index in [-0.39, 0.29) is 11.9 Å². The van der Waals surface area contributed by atoms with Crippen LogP contribution in [0, 0.1) is 0 Å². The maximum Gasteiger partial charge on any atom is 0.338 e. The molecule has 1 heterocycles. The van der Waals surface area contributed by atoms with Crippen molar-refractivity contribution in [3.05, 3.63) is 29.8 Å². The van der Waals surface area contributed by atoms with E-state index in [4.69, 9.17) is 4.74 Å². The third-order valence-electron chi connectivity index (χ3n) is 3.27. The van der Waals surface area contributed by atoms with Gasteiger partial charge in [-0.2, -0.15) is 0 Å². The lowest BCUT2D eigenvalue weighted by Gasteiger charge is -2.26. The molecule has 0 atom stereocenters. The van der Waals surface area contributed by atoms with Crippen molar-refractivity contribution in [3.8, 4) is 0 Å². The summed E-state index contributed by atoms with van der Waals surface area (Å²) in [5, 5.41) is 5.92. The van der Waals surface area contributed by atoms with Crippen LogP contribution in [0.3, 0.4) is 0 Å². The predicted molar refractivity (Wildman–Crippen MR) is 80.3 cm³/mol. The van der Waals surface area contributed by atoms with Gasteiger partial charge in [0.05, 0.1) is 5.56 Å². The number of nitrogens with zero attached hydrogens (tertiary/aromatic N) is 1. The number of piperazine rings is 1. The molecular formula is C15H21N3O3. The molecule has 21 heavy (non-hydrogen) atoms. The molecule has 1 fully saturated rings. The molecule has 6 heteroatoms. The summed E-state index contributed by atoms with van der Waals surface area (Å²) in [6, 6.07) is 6.75. The van der Waals surface area contributed by atoms with Crippen LogP contribution < -0.4 is 10.6 Å². The molecule has 6 nitrogen and oxygen atoms in total. The molecule has 1 aliphatic rings. The van der Waals surface area contributed by atoms with Crippen molar-refractivity contribution in [2.24, 2.45) is 0 Å². The molecule has 114 valence electrons. The summed E-state index contributed by atoms with van der Waals surface area (Å²) in [5.74, 6) is -0.531. The van der Waals surface area contributed by atoms with E-state index in [1.54, 1.807) is 24.3 Å². The van der Waals surface area contributed by atoms with E-state index in [2.05, 4.69) is 15.5 Å². The van der Waals surface area contributed by atoms with E-state index < -0.39 is 0 Å². The largest absolute Gasteiger partial charge is 0.461 e. The number of hydrogen-bond acceptors (Lipinski definition) is 5. The Morgan fingerprint density at radius 1 is 1.33 bits per heavy atom. The van der Waals surface area contributed by atoms with Gasteiger partial charge >= 0.3 is 5.97 Å². The standard InChI is InChI=1S/C15H21N3O3/c1-12(19)17-14-4-2-3-13(11-14)15(20)21-10-9-18-7-5-16-6-8-18/h2-4,11,16H,5-10H2,1H3,(H,17,19). The first-order valence-corrected chi connectivity index (χ1v) is 7.13. The summed E-state index contributed by atoms with van der Waals surface area (Å²) < 4.78 is 5.28. The van der Waals surface area contributed by atoms with Crippen molar-refractivity contribution < 1.29 is 14.3 Å². The fraction of sp³-hybridized carbons (Fsp3) is 0.467. The fourth-order valence-electron chi connectivity index (χ4n) is 2.21. The Labute approximate surface area is 124 Å². The summed E-state index contributed by atoms with van der Waals surface area (Å²) in [7, 11) is 0. The first-order chi connectivity index (χ1) is 10.1. The zero-order chi connectivity index (χ0) is 15.1. The number of anilines is 1. The van der Waals surface area contributed by atoms with Crippen molar-refractivity contribution in [1.82, 2.24) is 10.2 Å². The lowest BCUT2D eigenvalue weighted by molar-refractivity contribution is -0.114. The van der Waals surface area contributed by atoms with E-state index in [0.29, 0.717) is 17.9 Å². The Hall–Kier alpha value is -1.92. The van der Waals surface area contributed by atoms with Gasteiger partial charge in [0.1, 0.15) is 6.61 Å². The molecule has 0 unspecified atom stereocenters. The Balaban J connectivity index is 1.80. The van der Waals surface area contributed by atoms with E-state index in [1.807, 2.05) is 0 Å². The highest BCUT2D eigenvalue weighted by atomic mass is 16.5. The fourth-order valence-corrected chi connectivity index (χ4v) is 2.21. The van der Waals surface area contributed by atoms with Crippen molar-refractivity contribution in [1.29, 1.82) is 0 Å². The third-order valence-corrected chi connectivity index (χ3v) is 3.27. The van der Waals surface area contributed by atoms with Gasteiger partial charge in [0.15, 0.2) is 0 Å². The van der Waals surface area contributed by atoms with Gasteiger partial charge in [-0.05, 0) is 18.2 Å². The third kappa shape index (κ3) is 5.17. The summed E-state index contributed by atoms with van der Waals surface area (Å²) >= 11 is 0. The van der Waals surface area contributed by atoms with Crippen LogP contribution in [0.2, 0.25) is 0 Å². The smallest absolute Gasteiger partial charge is 0.338 e. The molecule has 2 N–H and O–H groups in total. The van der Waals surface area contributed by atoms with Crippen molar-refractivity contribution in [2.45, 2.75) is 6.92 Å². The van der Waals surface area contributed by atoms with Gasteiger partial charge in [-0.15, -0.1) is 0 Å². The number of benzene rings is 1. The van der Waals surface area contributed by atoms with Crippen molar-refractivity contribution in [2.75, 3.05) is 44.6 Å². The molecule has 1 aromatic rings. The number of nitrogens with one attached hydrogen (secondary N) is 2. The van der Waals surface area contributed by atoms with Crippen LogP contribution in [-0.4, -0.2) is 56.1 Å². The van der Waals surface area contributed by atoms with Crippen molar-refractivity contribution >= 4 is 17.6 Å². The molecule has 1 aliphatic heterocycles. The number of rotatable bonds is 5. The van der Waals surface area contributed by atoms with Crippen LogP contribution in [-0.2, 0) is 9.53 Å². The minimum absolute atomic E-state index is 0.167. The van der Waals surface area contributed by atoms with Gasteiger partial charge < -0.3 is 15.4 Å².